The van der Waals surface area contributed by atoms with Gasteiger partial charge in [-0.25, -0.2) is 0 Å². The second kappa shape index (κ2) is 4.16. The molecule has 1 rings (SSSR count). The molecule has 4 nitrogen and oxygen atoms in total. The van der Waals surface area contributed by atoms with Gasteiger partial charge in [0.2, 0.25) is 0 Å². The first-order chi connectivity index (χ1) is 6.49. The fourth-order valence-corrected chi connectivity index (χ4v) is 2.07. The number of aliphatic hydroxyl groups is 1. The minimum atomic E-state index is -0.851. The number of nitrogens with two attached hydrogens (primary N) is 1. The summed E-state index contributed by atoms with van der Waals surface area (Å²) < 4.78 is 0.285. The van der Waals surface area contributed by atoms with Gasteiger partial charge in [-0.05, 0) is 34.5 Å². The molecule has 14 heavy (non-hydrogen) atoms. The van der Waals surface area contributed by atoms with E-state index in [4.69, 9.17) is 5.73 Å². The molecule has 1 aromatic carbocycles. The molecular formula is C9H12BrNO3. The molecule has 0 heterocycles. The van der Waals surface area contributed by atoms with Crippen molar-refractivity contribution in [2.75, 3.05) is 6.54 Å². The van der Waals surface area contributed by atoms with Gasteiger partial charge in [-0.2, -0.15) is 0 Å². The van der Waals surface area contributed by atoms with Gasteiger partial charge in [-0.3, -0.25) is 0 Å². The quantitative estimate of drug-likeness (QED) is 0.602. The largest absolute Gasteiger partial charge is 0.504 e. The topological polar surface area (TPSA) is 86.7 Å². The predicted octanol–water partition coefficient (Wildman–Crippen LogP) is 1.16. The third-order valence-electron chi connectivity index (χ3n) is 2.02. The molecule has 1 atom stereocenters. The van der Waals surface area contributed by atoms with Gasteiger partial charge in [-0.1, -0.05) is 0 Å². The summed E-state index contributed by atoms with van der Waals surface area (Å²) in [6, 6.07) is 1.38. The van der Waals surface area contributed by atoms with E-state index in [-0.39, 0.29) is 22.5 Å². The van der Waals surface area contributed by atoms with E-state index in [0.29, 0.717) is 11.1 Å². The lowest BCUT2D eigenvalue weighted by atomic mass is 10.0. The molecular weight excluding hydrogens is 250 g/mol. The summed E-state index contributed by atoms with van der Waals surface area (Å²) in [5.74, 6) is -0.500. The molecule has 78 valence electrons. The van der Waals surface area contributed by atoms with E-state index >= 15 is 0 Å². The molecule has 0 aliphatic carbocycles. The van der Waals surface area contributed by atoms with Crippen LogP contribution in [-0.4, -0.2) is 21.9 Å². The van der Waals surface area contributed by atoms with E-state index in [1.54, 1.807) is 6.92 Å². The second-order valence-electron chi connectivity index (χ2n) is 3.04. The molecule has 0 aromatic heterocycles. The second-order valence-corrected chi connectivity index (χ2v) is 3.83. The van der Waals surface area contributed by atoms with Crippen molar-refractivity contribution in [1.29, 1.82) is 0 Å². The lowest BCUT2D eigenvalue weighted by Gasteiger charge is -2.15. The Morgan fingerprint density at radius 1 is 1.50 bits per heavy atom. The van der Waals surface area contributed by atoms with Crippen LogP contribution in [0.4, 0.5) is 0 Å². The maximum atomic E-state index is 9.56. The van der Waals surface area contributed by atoms with Gasteiger partial charge >= 0.3 is 0 Å². The van der Waals surface area contributed by atoms with E-state index in [9.17, 15) is 15.3 Å². The maximum absolute atomic E-state index is 9.56. The van der Waals surface area contributed by atoms with E-state index in [1.807, 2.05) is 0 Å². The number of phenolic OH excluding ortho intramolecular Hbond substituents is 2. The van der Waals surface area contributed by atoms with Crippen LogP contribution in [-0.2, 0) is 0 Å². The van der Waals surface area contributed by atoms with Crippen LogP contribution in [0.1, 0.15) is 17.2 Å². The van der Waals surface area contributed by atoms with Crippen LogP contribution in [0.2, 0.25) is 0 Å². The summed E-state index contributed by atoms with van der Waals surface area (Å²) >= 11 is 3.10. The predicted molar refractivity (Wildman–Crippen MR) is 56.2 cm³/mol. The number of aryl methyl sites for hydroxylation is 1. The van der Waals surface area contributed by atoms with Crippen molar-refractivity contribution >= 4 is 15.9 Å². The van der Waals surface area contributed by atoms with E-state index < -0.39 is 6.10 Å². The van der Waals surface area contributed by atoms with Gasteiger partial charge in [-0.15, -0.1) is 0 Å². The van der Waals surface area contributed by atoms with Crippen molar-refractivity contribution in [2.45, 2.75) is 13.0 Å². The highest BCUT2D eigenvalue weighted by molar-refractivity contribution is 9.10. The Morgan fingerprint density at radius 2 is 2.07 bits per heavy atom. The molecule has 0 amide bonds. The van der Waals surface area contributed by atoms with Crippen molar-refractivity contribution in [2.24, 2.45) is 5.73 Å². The van der Waals surface area contributed by atoms with Crippen LogP contribution in [0.5, 0.6) is 11.5 Å². The Morgan fingerprint density at radius 3 is 2.57 bits per heavy atom. The molecule has 0 aliphatic heterocycles. The third kappa shape index (κ3) is 1.84. The molecule has 0 saturated carbocycles. The van der Waals surface area contributed by atoms with E-state index in [0.717, 1.165) is 0 Å². The summed E-state index contributed by atoms with van der Waals surface area (Å²) in [5.41, 5.74) is 6.49. The number of aliphatic hydroxyl groups excluding tert-OH is 1. The summed E-state index contributed by atoms with van der Waals surface area (Å²) in [6.07, 6.45) is -0.851. The van der Waals surface area contributed by atoms with Crippen LogP contribution in [0.3, 0.4) is 0 Å². The molecule has 5 N–H and O–H groups in total. The molecule has 0 radical (unpaired) electrons. The van der Waals surface area contributed by atoms with Gasteiger partial charge < -0.3 is 21.1 Å². The van der Waals surface area contributed by atoms with Crippen molar-refractivity contribution in [3.05, 3.63) is 21.7 Å². The minimum Gasteiger partial charge on any atom is -0.504 e. The van der Waals surface area contributed by atoms with Crippen molar-refractivity contribution in [1.82, 2.24) is 0 Å². The number of rotatable bonds is 2. The first-order valence-electron chi connectivity index (χ1n) is 4.08. The van der Waals surface area contributed by atoms with Gasteiger partial charge in [0.25, 0.3) is 0 Å². The summed E-state index contributed by atoms with van der Waals surface area (Å²) in [7, 11) is 0. The lowest BCUT2D eigenvalue weighted by molar-refractivity contribution is 0.184. The monoisotopic (exact) mass is 261 g/mol. The van der Waals surface area contributed by atoms with Crippen LogP contribution in [0.15, 0.2) is 10.5 Å². The average molecular weight is 262 g/mol. The first kappa shape index (κ1) is 11.3. The fraction of sp³-hybridized carbons (Fsp3) is 0.333. The van der Waals surface area contributed by atoms with E-state index in [1.165, 1.54) is 6.07 Å². The van der Waals surface area contributed by atoms with Crippen LogP contribution in [0, 0.1) is 6.92 Å². The standard InChI is InChI=1S/C9H12BrNO3/c1-4-2-5(12)9(14)8(10)7(4)6(13)3-11/h2,6,12-14H,3,11H2,1H3. The molecule has 1 aromatic rings. The van der Waals surface area contributed by atoms with Crippen LogP contribution in [0.25, 0.3) is 0 Å². The van der Waals surface area contributed by atoms with Gasteiger partial charge in [0.1, 0.15) is 0 Å². The highest BCUT2D eigenvalue weighted by Crippen LogP contribution is 2.40. The maximum Gasteiger partial charge on any atom is 0.172 e. The zero-order valence-corrected chi connectivity index (χ0v) is 9.24. The molecule has 0 spiro atoms. The van der Waals surface area contributed by atoms with Crippen molar-refractivity contribution in [3.8, 4) is 11.5 Å². The Balaban J connectivity index is 3.36. The van der Waals surface area contributed by atoms with Crippen LogP contribution >= 0.6 is 15.9 Å². The number of hydrogen-bond donors (Lipinski definition) is 4. The minimum absolute atomic E-state index is 0.0592. The number of benzene rings is 1. The van der Waals surface area contributed by atoms with Gasteiger partial charge in [0.15, 0.2) is 11.5 Å². The Hall–Kier alpha value is -0.780. The zero-order valence-electron chi connectivity index (χ0n) is 7.66. The molecule has 0 saturated heterocycles. The summed E-state index contributed by atoms with van der Waals surface area (Å²) in [4.78, 5) is 0. The molecule has 1 unspecified atom stereocenters. The SMILES string of the molecule is Cc1cc(O)c(O)c(Br)c1C(O)CN. The summed E-state index contributed by atoms with van der Waals surface area (Å²) in [6.45, 7) is 1.78. The highest BCUT2D eigenvalue weighted by Gasteiger charge is 2.18. The first-order valence-corrected chi connectivity index (χ1v) is 4.87. The Labute approximate surface area is 90.1 Å². The molecule has 0 fully saturated rings. The summed E-state index contributed by atoms with van der Waals surface area (Å²) in [5, 5.41) is 28.2. The van der Waals surface area contributed by atoms with Gasteiger partial charge in [0.05, 0.1) is 10.6 Å². The molecule has 5 heteroatoms. The normalized spacial score (nSPS) is 12.9. The van der Waals surface area contributed by atoms with Gasteiger partial charge in [0, 0.05) is 12.1 Å². The number of hydrogen-bond acceptors (Lipinski definition) is 4. The number of phenols is 2. The number of aromatic hydroxyl groups is 2. The van der Waals surface area contributed by atoms with Crippen molar-refractivity contribution < 1.29 is 15.3 Å². The third-order valence-corrected chi connectivity index (χ3v) is 2.82. The fourth-order valence-electron chi connectivity index (χ4n) is 1.29. The zero-order chi connectivity index (χ0) is 10.9. The molecule has 0 bridgehead atoms. The average Bonchev–Trinajstić information content (AvgIpc) is 2.14. The smallest absolute Gasteiger partial charge is 0.172 e. The Bertz CT molecular complexity index is 354. The van der Waals surface area contributed by atoms with Crippen LogP contribution < -0.4 is 5.73 Å². The Kier molecular flexibility index (Phi) is 3.36. The molecule has 0 aliphatic rings. The number of halogens is 1. The van der Waals surface area contributed by atoms with Crippen molar-refractivity contribution in [3.63, 3.8) is 0 Å². The lowest BCUT2D eigenvalue weighted by Crippen LogP contribution is -2.13. The van der Waals surface area contributed by atoms with E-state index in [2.05, 4.69) is 15.9 Å². The highest BCUT2D eigenvalue weighted by atomic mass is 79.9.